The maximum atomic E-state index is 13.1. The van der Waals surface area contributed by atoms with E-state index in [4.69, 9.17) is 9.29 Å². The lowest BCUT2D eigenvalue weighted by Crippen LogP contribution is -2.12. The molecule has 3 rings (SSSR count). The highest BCUT2D eigenvalue weighted by atomic mass is 32.2. The zero-order chi connectivity index (χ0) is 20.1. The van der Waals surface area contributed by atoms with Gasteiger partial charge in [0.1, 0.15) is 29.6 Å². The Labute approximate surface area is 161 Å². The number of ether oxygens (including phenoxy) is 1. The lowest BCUT2D eigenvalue weighted by molar-refractivity contribution is -0.141. The molecule has 0 saturated heterocycles. The summed E-state index contributed by atoms with van der Waals surface area (Å²) >= 11 is -2.36. The fourth-order valence-corrected chi connectivity index (χ4v) is 2.80. The number of nitrogens with zero attached hydrogens (tertiary/aromatic N) is 2. The minimum absolute atomic E-state index is 0.00654. The summed E-state index contributed by atoms with van der Waals surface area (Å²) in [7, 11) is 0. The molecular weight excluding hydrogens is 393 g/mol. The van der Waals surface area contributed by atoms with Crippen molar-refractivity contribution in [3.63, 3.8) is 0 Å². The topological polar surface area (TPSA) is 72.3 Å². The van der Waals surface area contributed by atoms with Crippen molar-refractivity contribution < 1.29 is 26.7 Å². The van der Waals surface area contributed by atoms with Gasteiger partial charge < -0.3 is 9.29 Å². The molecular formula is C19H15F3N2O3S. The SMILES string of the molecule is O=S(O)Cc1nc(-c2cccc(OCc3ccccc3)c2)cc(C(F)(F)F)n1. The van der Waals surface area contributed by atoms with Crippen LogP contribution in [0.15, 0.2) is 60.7 Å². The first-order valence-corrected chi connectivity index (χ1v) is 9.38. The van der Waals surface area contributed by atoms with E-state index < -0.39 is 28.7 Å². The zero-order valence-corrected chi connectivity index (χ0v) is 15.2. The molecule has 146 valence electrons. The second-order valence-corrected chi connectivity index (χ2v) is 6.75. The Bertz CT molecular complexity index is 982. The molecule has 1 N–H and O–H groups in total. The van der Waals surface area contributed by atoms with Gasteiger partial charge in [-0.2, -0.15) is 13.2 Å². The van der Waals surface area contributed by atoms with Crippen LogP contribution in [0.4, 0.5) is 13.2 Å². The van der Waals surface area contributed by atoms with E-state index in [2.05, 4.69) is 9.97 Å². The van der Waals surface area contributed by atoms with E-state index in [1.165, 1.54) is 0 Å². The molecule has 0 aliphatic carbocycles. The van der Waals surface area contributed by atoms with E-state index >= 15 is 0 Å². The van der Waals surface area contributed by atoms with Crippen molar-refractivity contribution in [3.05, 3.63) is 77.7 Å². The van der Waals surface area contributed by atoms with Crippen LogP contribution in [0.2, 0.25) is 0 Å². The predicted molar refractivity (Wildman–Crippen MR) is 97.7 cm³/mol. The van der Waals surface area contributed by atoms with Gasteiger partial charge in [0.05, 0.1) is 5.69 Å². The lowest BCUT2D eigenvalue weighted by Gasteiger charge is -2.11. The molecule has 1 atom stereocenters. The molecule has 5 nitrogen and oxygen atoms in total. The van der Waals surface area contributed by atoms with Crippen molar-refractivity contribution >= 4 is 11.1 Å². The number of aromatic nitrogens is 2. The Morgan fingerprint density at radius 1 is 1.00 bits per heavy atom. The summed E-state index contributed by atoms with van der Waals surface area (Å²) < 4.78 is 65.1. The van der Waals surface area contributed by atoms with Crippen molar-refractivity contribution in [2.45, 2.75) is 18.5 Å². The van der Waals surface area contributed by atoms with Gasteiger partial charge in [0.2, 0.25) is 0 Å². The molecule has 0 fully saturated rings. The molecule has 0 aliphatic heterocycles. The zero-order valence-electron chi connectivity index (χ0n) is 14.4. The summed E-state index contributed by atoms with van der Waals surface area (Å²) in [6, 6.07) is 16.7. The second-order valence-electron chi connectivity index (χ2n) is 5.82. The number of rotatable bonds is 6. The highest BCUT2D eigenvalue weighted by molar-refractivity contribution is 7.78. The molecule has 28 heavy (non-hydrogen) atoms. The molecule has 0 radical (unpaired) electrons. The van der Waals surface area contributed by atoms with E-state index in [1.54, 1.807) is 24.3 Å². The van der Waals surface area contributed by atoms with Gasteiger partial charge in [-0.1, -0.05) is 42.5 Å². The maximum absolute atomic E-state index is 13.1. The Morgan fingerprint density at radius 3 is 2.43 bits per heavy atom. The minimum atomic E-state index is -4.70. The molecule has 0 amide bonds. The van der Waals surface area contributed by atoms with Crippen molar-refractivity contribution in [3.8, 4) is 17.0 Å². The standard InChI is InChI=1S/C19H15F3N2O3S/c20-19(21,22)17-10-16(23-18(24-17)12-28(25)26)14-7-4-8-15(9-14)27-11-13-5-2-1-3-6-13/h1-10H,11-12H2,(H,25,26). The van der Waals surface area contributed by atoms with Gasteiger partial charge in [-0.15, -0.1) is 0 Å². The first-order chi connectivity index (χ1) is 13.3. The predicted octanol–water partition coefficient (Wildman–Crippen LogP) is 4.46. The number of alkyl halides is 3. The molecule has 3 aromatic rings. The van der Waals surface area contributed by atoms with E-state index in [1.807, 2.05) is 30.3 Å². The third kappa shape index (κ3) is 5.37. The van der Waals surface area contributed by atoms with Crippen LogP contribution in [-0.2, 0) is 29.6 Å². The summed E-state index contributed by atoms with van der Waals surface area (Å²) in [5, 5.41) is 0. The number of hydrogen-bond donors (Lipinski definition) is 1. The molecule has 0 aliphatic rings. The number of hydrogen-bond acceptors (Lipinski definition) is 4. The Morgan fingerprint density at radius 2 is 1.75 bits per heavy atom. The summed E-state index contributed by atoms with van der Waals surface area (Å²) in [6.07, 6.45) is -4.70. The first kappa shape index (κ1) is 20.0. The largest absolute Gasteiger partial charge is 0.489 e. The van der Waals surface area contributed by atoms with Crippen LogP contribution in [0, 0.1) is 0 Å². The molecule has 0 spiro atoms. The van der Waals surface area contributed by atoms with Crippen molar-refractivity contribution in [2.24, 2.45) is 0 Å². The van der Waals surface area contributed by atoms with Crippen LogP contribution < -0.4 is 4.74 Å². The Kier molecular flexibility index (Phi) is 6.05. The van der Waals surface area contributed by atoms with Gasteiger partial charge >= 0.3 is 6.18 Å². The molecule has 0 bridgehead atoms. The van der Waals surface area contributed by atoms with Crippen LogP contribution in [0.25, 0.3) is 11.3 Å². The van der Waals surface area contributed by atoms with Gasteiger partial charge in [-0.3, -0.25) is 0 Å². The van der Waals surface area contributed by atoms with Crippen LogP contribution in [0.1, 0.15) is 17.1 Å². The Hall–Kier alpha value is -2.78. The quantitative estimate of drug-likeness (QED) is 0.610. The molecule has 9 heteroatoms. The second kappa shape index (κ2) is 8.49. The summed E-state index contributed by atoms with van der Waals surface area (Å²) in [5.74, 6) is -0.497. The highest BCUT2D eigenvalue weighted by Crippen LogP contribution is 2.31. The number of benzene rings is 2. The monoisotopic (exact) mass is 408 g/mol. The van der Waals surface area contributed by atoms with Gasteiger partial charge in [-0.05, 0) is 23.8 Å². The van der Waals surface area contributed by atoms with Crippen molar-refractivity contribution in [1.82, 2.24) is 9.97 Å². The van der Waals surface area contributed by atoms with Crippen LogP contribution in [0.5, 0.6) is 5.75 Å². The van der Waals surface area contributed by atoms with E-state index in [0.717, 1.165) is 11.6 Å². The van der Waals surface area contributed by atoms with Gasteiger partial charge in [0.25, 0.3) is 0 Å². The maximum Gasteiger partial charge on any atom is 0.433 e. The average molecular weight is 408 g/mol. The smallest absolute Gasteiger partial charge is 0.433 e. The summed E-state index contributed by atoms with van der Waals surface area (Å²) in [5.41, 5.74) is 0.145. The van der Waals surface area contributed by atoms with E-state index in [-0.39, 0.29) is 11.5 Å². The molecule has 2 aromatic carbocycles. The fourth-order valence-electron chi connectivity index (χ4n) is 2.45. The minimum Gasteiger partial charge on any atom is -0.489 e. The van der Waals surface area contributed by atoms with Crippen LogP contribution in [0.3, 0.4) is 0 Å². The van der Waals surface area contributed by atoms with Gasteiger partial charge in [-0.25, -0.2) is 14.2 Å². The van der Waals surface area contributed by atoms with Crippen molar-refractivity contribution in [2.75, 3.05) is 0 Å². The van der Waals surface area contributed by atoms with Crippen LogP contribution in [-0.4, -0.2) is 18.7 Å². The normalized spacial score (nSPS) is 12.6. The lowest BCUT2D eigenvalue weighted by atomic mass is 10.1. The summed E-state index contributed by atoms with van der Waals surface area (Å²) in [4.78, 5) is 7.35. The third-order valence-electron chi connectivity index (χ3n) is 3.69. The third-order valence-corrected chi connectivity index (χ3v) is 4.20. The first-order valence-electron chi connectivity index (χ1n) is 8.11. The molecule has 1 aromatic heterocycles. The number of halogens is 3. The van der Waals surface area contributed by atoms with Crippen LogP contribution >= 0.6 is 0 Å². The molecule has 1 unspecified atom stereocenters. The van der Waals surface area contributed by atoms with Gasteiger partial charge in [0, 0.05) is 5.56 Å². The average Bonchev–Trinajstić information content (AvgIpc) is 2.66. The van der Waals surface area contributed by atoms with E-state index in [0.29, 0.717) is 17.9 Å². The highest BCUT2D eigenvalue weighted by Gasteiger charge is 2.34. The molecule has 0 saturated carbocycles. The molecule has 1 heterocycles. The van der Waals surface area contributed by atoms with E-state index in [9.17, 15) is 17.4 Å². The van der Waals surface area contributed by atoms with Crippen molar-refractivity contribution in [1.29, 1.82) is 0 Å². The summed E-state index contributed by atoms with van der Waals surface area (Å²) in [6.45, 7) is 0.302. The fraction of sp³-hybridized carbons (Fsp3) is 0.158. The van der Waals surface area contributed by atoms with Gasteiger partial charge in [0.15, 0.2) is 11.1 Å². The Balaban J connectivity index is 1.90.